The second-order valence-corrected chi connectivity index (χ2v) is 5.97. The van der Waals surface area contributed by atoms with Gasteiger partial charge in [-0.05, 0) is 37.8 Å². The minimum Gasteiger partial charge on any atom is -0.368 e. The number of aromatic nitrogens is 4. The van der Waals surface area contributed by atoms with Gasteiger partial charge in [0.25, 0.3) is 5.91 Å². The number of carbonyl (C=O) groups is 1. The molecule has 120 valence electrons. The van der Waals surface area contributed by atoms with E-state index in [1.54, 1.807) is 12.4 Å². The number of H-pyrrole nitrogens is 1. The molecule has 7 nitrogen and oxygen atoms in total. The third-order valence-corrected chi connectivity index (χ3v) is 4.50. The zero-order valence-corrected chi connectivity index (χ0v) is 12.8. The van der Waals surface area contributed by atoms with E-state index in [0.29, 0.717) is 12.4 Å². The van der Waals surface area contributed by atoms with E-state index < -0.39 is 0 Å². The minimum atomic E-state index is -0.279. The fraction of sp³-hybridized carbons (Fsp3) is 0.500. The number of pyridine rings is 1. The van der Waals surface area contributed by atoms with Gasteiger partial charge in [-0.15, -0.1) is 0 Å². The number of nitrogens with zero attached hydrogens (tertiary/aromatic N) is 4. The normalized spacial score (nSPS) is 24.3. The van der Waals surface area contributed by atoms with Crippen molar-refractivity contribution in [2.24, 2.45) is 0 Å². The molecule has 0 unspecified atom stereocenters. The Morgan fingerprint density at radius 3 is 2.91 bits per heavy atom. The lowest BCUT2D eigenvalue weighted by atomic mass is 10.1. The highest BCUT2D eigenvalue weighted by Crippen LogP contribution is 2.32. The van der Waals surface area contributed by atoms with E-state index >= 15 is 0 Å². The third-order valence-electron chi connectivity index (χ3n) is 4.50. The van der Waals surface area contributed by atoms with Gasteiger partial charge < -0.3 is 9.64 Å². The molecule has 2 aliphatic rings. The molecule has 1 amide bonds. The van der Waals surface area contributed by atoms with Gasteiger partial charge >= 0.3 is 0 Å². The number of rotatable bonds is 3. The Balaban J connectivity index is 1.55. The molecule has 0 saturated carbocycles. The number of carbonyl (C=O) groups excluding carboxylic acids is 1. The van der Waals surface area contributed by atoms with Crippen molar-refractivity contribution in [3.05, 3.63) is 30.4 Å². The topological polar surface area (TPSA) is 84.0 Å². The van der Waals surface area contributed by atoms with Crippen LogP contribution in [-0.2, 0) is 9.53 Å². The Labute approximate surface area is 134 Å². The predicted molar refractivity (Wildman–Crippen MR) is 82.3 cm³/mol. The summed E-state index contributed by atoms with van der Waals surface area (Å²) < 4.78 is 5.54. The van der Waals surface area contributed by atoms with E-state index in [9.17, 15) is 4.79 Å². The summed E-state index contributed by atoms with van der Waals surface area (Å²) in [4.78, 5) is 23.1. The molecule has 4 rings (SSSR count). The molecule has 2 aliphatic heterocycles. The average Bonchev–Trinajstić information content (AvgIpc) is 3.35. The van der Waals surface area contributed by atoms with Gasteiger partial charge in [-0.1, -0.05) is 0 Å². The molecule has 0 bridgehead atoms. The molecule has 2 saturated heterocycles. The van der Waals surface area contributed by atoms with Crippen molar-refractivity contribution in [2.75, 3.05) is 13.2 Å². The van der Waals surface area contributed by atoms with Crippen molar-refractivity contribution in [1.82, 2.24) is 25.1 Å². The van der Waals surface area contributed by atoms with Gasteiger partial charge in [0.1, 0.15) is 11.9 Å². The molecule has 0 spiro atoms. The maximum absolute atomic E-state index is 12.6. The molecule has 0 aromatic carbocycles. The van der Waals surface area contributed by atoms with Crippen LogP contribution in [0.4, 0.5) is 0 Å². The molecule has 2 aromatic heterocycles. The van der Waals surface area contributed by atoms with Crippen LogP contribution in [0.1, 0.15) is 37.5 Å². The highest BCUT2D eigenvalue weighted by molar-refractivity contribution is 5.81. The summed E-state index contributed by atoms with van der Waals surface area (Å²) >= 11 is 0. The minimum absolute atomic E-state index is 0.0326. The van der Waals surface area contributed by atoms with Crippen molar-refractivity contribution in [2.45, 2.75) is 37.8 Å². The maximum atomic E-state index is 12.6. The second-order valence-electron chi connectivity index (χ2n) is 5.97. The van der Waals surface area contributed by atoms with Crippen LogP contribution in [-0.4, -0.2) is 50.2 Å². The number of nitrogens with one attached hydrogen (secondary N) is 1. The van der Waals surface area contributed by atoms with Gasteiger partial charge in [0, 0.05) is 31.1 Å². The summed E-state index contributed by atoms with van der Waals surface area (Å²) in [5.74, 6) is 1.48. The molecule has 2 atom stereocenters. The number of aromatic amines is 1. The largest absolute Gasteiger partial charge is 0.368 e. The Hall–Kier alpha value is -2.28. The number of ether oxygens (including phenoxy) is 1. The predicted octanol–water partition coefficient (Wildman–Crippen LogP) is 1.71. The molecule has 23 heavy (non-hydrogen) atoms. The molecule has 7 heteroatoms. The number of amides is 1. The van der Waals surface area contributed by atoms with Gasteiger partial charge in [-0.25, -0.2) is 4.98 Å². The lowest BCUT2D eigenvalue weighted by molar-refractivity contribution is -0.142. The fourth-order valence-electron chi connectivity index (χ4n) is 3.33. The smallest absolute Gasteiger partial charge is 0.252 e. The molecule has 0 aliphatic carbocycles. The summed E-state index contributed by atoms with van der Waals surface area (Å²) in [6.45, 7) is 1.44. The van der Waals surface area contributed by atoms with Crippen LogP contribution in [0.25, 0.3) is 11.4 Å². The molecular formula is C16H19N5O2. The van der Waals surface area contributed by atoms with E-state index in [0.717, 1.165) is 43.6 Å². The van der Waals surface area contributed by atoms with Crippen molar-refractivity contribution in [3.8, 4) is 11.4 Å². The molecule has 4 heterocycles. The lowest BCUT2D eigenvalue weighted by Crippen LogP contribution is -2.38. The van der Waals surface area contributed by atoms with Gasteiger partial charge in [0.2, 0.25) is 0 Å². The fourth-order valence-corrected chi connectivity index (χ4v) is 3.33. The first-order valence-corrected chi connectivity index (χ1v) is 8.08. The van der Waals surface area contributed by atoms with Gasteiger partial charge in [-0.3, -0.25) is 14.9 Å². The van der Waals surface area contributed by atoms with Crippen molar-refractivity contribution in [3.63, 3.8) is 0 Å². The average molecular weight is 313 g/mol. The monoisotopic (exact) mass is 313 g/mol. The van der Waals surface area contributed by atoms with Gasteiger partial charge in [0.15, 0.2) is 5.82 Å². The van der Waals surface area contributed by atoms with Crippen LogP contribution in [0.5, 0.6) is 0 Å². The standard InChI is InChI=1S/C16H19N5O2/c22-16(13-4-2-10-23-13)21-9-1-3-12(21)15-18-14(19-20-15)11-5-7-17-8-6-11/h5-8,12-13H,1-4,9-10H2,(H,18,19,20)/t12-,13+/m1/s1. The molecule has 2 fully saturated rings. The summed E-state index contributed by atoms with van der Waals surface area (Å²) in [5.41, 5.74) is 0.914. The van der Waals surface area contributed by atoms with Crippen LogP contribution >= 0.6 is 0 Å². The van der Waals surface area contributed by atoms with E-state index in [-0.39, 0.29) is 18.1 Å². The van der Waals surface area contributed by atoms with Crippen LogP contribution in [0.3, 0.4) is 0 Å². The Morgan fingerprint density at radius 2 is 2.13 bits per heavy atom. The molecule has 1 N–H and O–H groups in total. The van der Waals surface area contributed by atoms with Crippen molar-refractivity contribution >= 4 is 5.91 Å². The summed E-state index contributed by atoms with van der Waals surface area (Å²) in [7, 11) is 0. The maximum Gasteiger partial charge on any atom is 0.252 e. The molecule has 2 aromatic rings. The van der Waals surface area contributed by atoms with E-state index in [1.165, 1.54) is 0 Å². The van der Waals surface area contributed by atoms with E-state index in [4.69, 9.17) is 4.74 Å². The van der Waals surface area contributed by atoms with Gasteiger partial charge in [0.05, 0.1) is 6.04 Å². The summed E-state index contributed by atoms with van der Waals surface area (Å²) in [5, 5.41) is 7.29. The highest BCUT2D eigenvalue weighted by atomic mass is 16.5. The van der Waals surface area contributed by atoms with Gasteiger partial charge in [-0.2, -0.15) is 5.10 Å². The summed E-state index contributed by atoms with van der Waals surface area (Å²) in [6.07, 6.45) is 6.82. The first kappa shape index (κ1) is 14.3. The Kier molecular flexibility index (Phi) is 3.78. The third kappa shape index (κ3) is 2.72. The Morgan fingerprint density at radius 1 is 1.26 bits per heavy atom. The van der Waals surface area contributed by atoms with Crippen molar-refractivity contribution in [1.29, 1.82) is 0 Å². The first-order chi connectivity index (χ1) is 11.3. The second kappa shape index (κ2) is 6.08. The van der Waals surface area contributed by atoms with Crippen molar-refractivity contribution < 1.29 is 9.53 Å². The summed E-state index contributed by atoms with van der Waals surface area (Å²) in [6, 6.07) is 3.71. The van der Waals surface area contributed by atoms with E-state index in [2.05, 4.69) is 20.2 Å². The number of hydrogen-bond acceptors (Lipinski definition) is 5. The molecular weight excluding hydrogens is 294 g/mol. The van der Waals surface area contributed by atoms with Crippen LogP contribution < -0.4 is 0 Å². The number of hydrogen-bond donors (Lipinski definition) is 1. The highest BCUT2D eigenvalue weighted by Gasteiger charge is 2.37. The number of likely N-dealkylation sites (tertiary alicyclic amines) is 1. The Bertz CT molecular complexity index is 681. The molecule has 0 radical (unpaired) electrons. The van der Waals surface area contributed by atoms with Crippen LogP contribution in [0, 0.1) is 0 Å². The first-order valence-electron chi connectivity index (χ1n) is 8.08. The van der Waals surface area contributed by atoms with Crippen LogP contribution in [0.2, 0.25) is 0 Å². The SMILES string of the molecule is O=C([C@@H]1CCCO1)N1CCC[C@@H]1c1nc(-c2ccncc2)n[nH]1. The lowest BCUT2D eigenvalue weighted by Gasteiger charge is -2.25. The quantitative estimate of drug-likeness (QED) is 0.932. The van der Waals surface area contributed by atoms with Crippen LogP contribution in [0.15, 0.2) is 24.5 Å². The van der Waals surface area contributed by atoms with E-state index in [1.807, 2.05) is 17.0 Å². The zero-order valence-electron chi connectivity index (χ0n) is 12.8. The zero-order chi connectivity index (χ0) is 15.6.